The van der Waals surface area contributed by atoms with Crippen molar-refractivity contribution in [2.45, 2.75) is 6.54 Å². The molecule has 7 heteroatoms. The van der Waals surface area contributed by atoms with Gasteiger partial charge in [0.15, 0.2) is 5.15 Å². The highest BCUT2D eigenvalue weighted by Gasteiger charge is 2.11. The summed E-state index contributed by atoms with van der Waals surface area (Å²) in [6, 6.07) is 5.06. The van der Waals surface area contributed by atoms with Crippen LogP contribution in [0.5, 0.6) is 0 Å². The first-order valence-electron chi connectivity index (χ1n) is 5.32. The van der Waals surface area contributed by atoms with Crippen molar-refractivity contribution in [2.75, 3.05) is 12.4 Å². The van der Waals surface area contributed by atoms with Gasteiger partial charge in [-0.05, 0) is 34.1 Å². The van der Waals surface area contributed by atoms with E-state index in [0.29, 0.717) is 23.1 Å². The van der Waals surface area contributed by atoms with Crippen LogP contribution < -0.4 is 5.32 Å². The van der Waals surface area contributed by atoms with E-state index in [-0.39, 0.29) is 5.76 Å². The zero-order valence-corrected chi connectivity index (χ0v) is 12.3. The minimum atomic E-state index is -0.506. The standard InChI is InChI=1S/C12H10BrClN2O3/c1-18-12(17)10-3-2-8(19-10)6-15-9-4-7(13)5-16-11(9)14/h2-5,15H,6H2,1H3. The van der Waals surface area contributed by atoms with Crippen LogP contribution in [0.2, 0.25) is 5.15 Å². The van der Waals surface area contributed by atoms with Crippen LogP contribution >= 0.6 is 27.5 Å². The second-order valence-electron chi connectivity index (χ2n) is 3.60. The lowest BCUT2D eigenvalue weighted by molar-refractivity contribution is 0.0563. The molecule has 2 aromatic rings. The maximum Gasteiger partial charge on any atom is 0.373 e. The van der Waals surface area contributed by atoms with Crippen molar-refractivity contribution >= 4 is 39.2 Å². The van der Waals surface area contributed by atoms with Gasteiger partial charge in [-0.2, -0.15) is 0 Å². The number of nitrogens with zero attached hydrogens (tertiary/aromatic N) is 1. The van der Waals surface area contributed by atoms with Gasteiger partial charge < -0.3 is 14.5 Å². The average Bonchev–Trinajstić information content (AvgIpc) is 2.88. The van der Waals surface area contributed by atoms with E-state index < -0.39 is 5.97 Å². The number of nitrogens with one attached hydrogen (secondary N) is 1. The number of rotatable bonds is 4. The molecule has 2 aromatic heterocycles. The molecule has 0 aliphatic rings. The average molecular weight is 346 g/mol. The van der Waals surface area contributed by atoms with Gasteiger partial charge in [0.2, 0.25) is 5.76 Å². The fraction of sp³-hybridized carbons (Fsp3) is 0.167. The molecule has 0 bridgehead atoms. The molecule has 0 fully saturated rings. The van der Waals surface area contributed by atoms with Crippen LogP contribution in [0.1, 0.15) is 16.3 Å². The summed E-state index contributed by atoms with van der Waals surface area (Å²) < 4.78 is 10.7. The molecule has 0 spiro atoms. The predicted molar refractivity (Wildman–Crippen MR) is 74.3 cm³/mol. The van der Waals surface area contributed by atoms with E-state index in [1.165, 1.54) is 7.11 Å². The van der Waals surface area contributed by atoms with Gasteiger partial charge in [0.05, 0.1) is 19.3 Å². The summed E-state index contributed by atoms with van der Waals surface area (Å²) in [5, 5.41) is 3.43. The Kier molecular flexibility index (Phi) is 4.44. The Hall–Kier alpha value is -1.53. The lowest BCUT2D eigenvalue weighted by Gasteiger charge is -2.06. The van der Waals surface area contributed by atoms with Gasteiger partial charge in [-0.15, -0.1) is 0 Å². The second-order valence-corrected chi connectivity index (χ2v) is 4.88. The number of pyridine rings is 1. The Morgan fingerprint density at radius 2 is 2.37 bits per heavy atom. The van der Waals surface area contributed by atoms with Crippen molar-refractivity contribution in [2.24, 2.45) is 0 Å². The minimum Gasteiger partial charge on any atom is -0.463 e. The van der Waals surface area contributed by atoms with Crippen molar-refractivity contribution in [3.8, 4) is 0 Å². The smallest absolute Gasteiger partial charge is 0.373 e. The summed E-state index contributed by atoms with van der Waals surface area (Å²) in [6.07, 6.45) is 1.61. The van der Waals surface area contributed by atoms with Crippen molar-refractivity contribution in [1.29, 1.82) is 0 Å². The third-order valence-electron chi connectivity index (χ3n) is 2.31. The third-order valence-corrected chi connectivity index (χ3v) is 3.04. The largest absolute Gasteiger partial charge is 0.463 e. The fourth-order valence-corrected chi connectivity index (χ4v) is 1.91. The van der Waals surface area contributed by atoms with Crippen LogP contribution in [0.15, 0.2) is 33.3 Å². The first-order valence-corrected chi connectivity index (χ1v) is 6.49. The highest BCUT2D eigenvalue weighted by atomic mass is 79.9. The van der Waals surface area contributed by atoms with Crippen LogP contribution in [0.3, 0.4) is 0 Å². The highest BCUT2D eigenvalue weighted by Crippen LogP contribution is 2.23. The first-order chi connectivity index (χ1) is 9.10. The molecule has 0 radical (unpaired) electrons. The zero-order chi connectivity index (χ0) is 13.8. The molecule has 0 unspecified atom stereocenters. The van der Waals surface area contributed by atoms with E-state index in [9.17, 15) is 4.79 Å². The quantitative estimate of drug-likeness (QED) is 0.679. The number of carbonyl (C=O) groups excluding carboxylic acids is 1. The SMILES string of the molecule is COC(=O)c1ccc(CNc2cc(Br)cnc2Cl)o1. The lowest BCUT2D eigenvalue weighted by atomic mass is 10.4. The number of esters is 1. The molecule has 0 amide bonds. The second kappa shape index (κ2) is 6.08. The van der Waals surface area contributed by atoms with Crippen LogP contribution in [-0.4, -0.2) is 18.1 Å². The van der Waals surface area contributed by atoms with E-state index in [0.717, 1.165) is 4.47 Å². The van der Waals surface area contributed by atoms with Gasteiger partial charge in [-0.25, -0.2) is 9.78 Å². The molecule has 0 aliphatic heterocycles. The topological polar surface area (TPSA) is 64.4 Å². The molecular formula is C12H10BrClN2O3. The number of ether oxygens (including phenoxy) is 1. The van der Waals surface area contributed by atoms with Crippen molar-refractivity contribution in [1.82, 2.24) is 4.98 Å². The molecule has 2 rings (SSSR count). The number of carbonyl (C=O) groups is 1. The molecule has 0 aliphatic carbocycles. The molecule has 19 heavy (non-hydrogen) atoms. The fourth-order valence-electron chi connectivity index (χ4n) is 1.41. The number of hydrogen-bond donors (Lipinski definition) is 1. The van der Waals surface area contributed by atoms with Crippen molar-refractivity contribution in [3.63, 3.8) is 0 Å². The van der Waals surface area contributed by atoms with Crippen LogP contribution in [0, 0.1) is 0 Å². The number of furan rings is 1. The monoisotopic (exact) mass is 344 g/mol. The Morgan fingerprint density at radius 1 is 1.58 bits per heavy atom. The maximum absolute atomic E-state index is 11.2. The molecule has 1 N–H and O–H groups in total. The van der Waals surface area contributed by atoms with E-state index >= 15 is 0 Å². The Morgan fingerprint density at radius 3 is 3.11 bits per heavy atom. The molecular weight excluding hydrogens is 336 g/mol. The van der Waals surface area contributed by atoms with Gasteiger partial charge >= 0.3 is 5.97 Å². The number of methoxy groups -OCH3 is 1. The van der Waals surface area contributed by atoms with Gasteiger partial charge in [0.25, 0.3) is 0 Å². The first kappa shape index (κ1) is 13.9. The normalized spacial score (nSPS) is 10.3. The van der Waals surface area contributed by atoms with E-state index in [2.05, 4.69) is 31.0 Å². The van der Waals surface area contributed by atoms with Gasteiger partial charge in [0, 0.05) is 10.7 Å². The van der Waals surface area contributed by atoms with Gasteiger partial charge in [0.1, 0.15) is 5.76 Å². The summed E-state index contributed by atoms with van der Waals surface area (Å²) in [4.78, 5) is 15.2. The van der Waals surface area contributed by atoms with Crippen LogP contribution in [-0.2, 0) is 11.3 Å². The summed E-state index contributed by atoms with van der Waals surface area (Å²) >= 11 is 9.25. The Bertz CT molecular complexity index is 600. The minimum absolute atomic E-state index is 0.165. The number of hydrogen-bond acceptors (Lipinski definition) is 5. The van der Waals surface area contributed by atoms with Gasteiger partial charge in [-0.1, -0.05) is 11.6 Å². The van der Waals surface area contributed by atoms with E-state index in [1.54, 1.807) is 24.4 Å². The summed E-state index contributed by atoms with van der Waals surface area (Å²) in [5.41, 5.74) is 0.673. The number of halogens is 2. The maximum atomic E-state index is 11.2. The molecule has 0 aromatic carbocycles. The summed E-state index contributed by atoms with van der Waals surface area (Å²) in [5.74, 6) is 0.252. The molecule has 0 saturated carbocycles. The molecule has 100 valence electrons. The highest BCUT2D eigenvalue weighted by molar-refractivity contribution is 9.10. The molecule has 2 heterocycles. The predicted octanol–water partition coefficient (Wildman–Crippen LogP) is 3.49. The Balaban J connectivity index is 2.04. The lowest BCUT2D eigenvalue weighted by Crippen LogP contribution is -2.01. The summed E-state index contributed by atoms with van der Waals surface area (Å²) in [6.45, 7) is 0.384. The summed E-state index contributed by atoms with van der Waals surface area (Å²) in [7, 11) is 1.30. The number of anilines is 1. The zero-order valence-electron chi connectivity index (χ0n) is 9.94. The third kappa shape index (κ3) is 3.48. The Labute approximate surface area is 123 Å². The molecule has 5 nitrogen and oxygen atoms in total. The van der Waals surface area contributed by atoms with Crippen molar-refractivity contribution in [3.05, 3.63) is 45.5 Å². The molecule has 0 saturated heterocycles. The van der Waals surface area contributed by atoms with Gasteiger partial charge in [-0.3, -0.25) is 0 Å². The van der Waals surface area contributed by atoms with Crippen molar-refractivity contribution < 1.29 is 13.9 Å². The number of aromatic nitrogens is 1. The van der Waals surface area contributed by atoms with E-state index in [1.807, 2.05) is 0 Å². The van der Waals surface area contributed by atoms with E-state index in [4.69, 9.17) is 16.0 Å². The molecule has 0 atom stereocenters. The van der Waals surface area contributed by atoms with Crippen LogP contribution in [0.25, 0.3) is 0 Å². The van der Waals surface area contributed by atoms with Crippen LogP contribution in [0.4, 0.5) is 5.69 Å².